The van der Waals surface area contributed by atoms with Crippen molar-refractivity contribution in [2.45, 2.75) is 27.2 Å². The summed E-state index contributed by atoms with van der Waals surface area (Å²) in [7, 11) is -1.79. The number of nitrogens with zero attached hydrogens (tertiary/aromatic N) is 1. The van der Waals surface area contributed by atoms with Gasteiger partial charge >= 0.3 is 0 Å². The number of hydrogen-bond donors (Lipinski definition) is 2. The fourth-order valence-corrected chi connectivity index (χ4v) is 3.17. The zero-order valence-electron chi connectivity index (χ0n) is 12.5. The SMILES string of the molecule is CN(c1ccc(C(=N)N)cc1)S(=O)(=O)CCC(C)(C)C. The van der Waals surface area contributed by atoms with Crippen LogP contribution in [0.2, 0.25) is 0 Å². The molecule has 112 valence electrons. The Bertz CT molecular complexity index is 571. The van der Waals surface area contributed by atoms with E-state index in [-0.39, 0.29) is 17.0 Å². The Kier molecular flexibility index (Phi) is 4.81. The first-order valence-electron chi connectivity index (χ1n) is 6.44. The molecule has 0 aliphatic heterocycles. The summed E-state index contributed by atoms with van der Waals surface area (Å²) >= 11 is 0. The van der Waals surface area contributed by atoms with Crippen LogP contribution in [0.1, 0.15) is 32.8 Å². The van der Waals surface area contributed by atoms with E-state index >= 15 is 0 Å². The van der Waals surface area contributed by atoms with Crippen molar-refractivity contribution in [2.75, 3.05) is 17.1 Å². The molecular formula is C14H23N3O2S. The van der Waals surface area contributed by atoms with Crippen LogP contribution in [-0.4, -0.2) is 27.1 Å². The van der Waals surface area contributed by atoms with Gasteiger partial charge in [-0.1, -0.05) is 20.8 Å². The normalized spacial score (nSPS) is 12.2. The van der Waals surface area contributed by atoms with Crippen LogP contribution in [-0.2, 0) is 10.0 Å². The molecule has 0 heterocycles. The summed E-state index contributed by atoms with van der Waals surface area (Å²) < 4.78 is 25.8. The van der Waals surface area contributed by atoms with Gasteiger partial charge in [-0.3, -0.25) is 9.71 Å². The smallest absolute Gasteiger partial charge is 0.234 e. The van der Waals surface area contributed by atoms with E-state index in [0.717, 1.165) is 0 Å². The second kappa shape index (κ2) is 5.83. The quantitative estimate of drug-likeness (QED) is 0.645. The number of anilines is 1. The van der Waals surface area contributed by atoms with Crippen molar-refractivity contribution in [1.29, 1.82) is 5.41 Å². The van der Waals surface area contributed by atoms with Gasteiger partial charge in [-0.05, 0) is 36.1 Å². The Morgan fingerprint density at radius 3 is 2.15 bits per heavy atom. The van der Waals surface area contributed by atoms with E-state index in [1.807, 2.05) is 20.8 Å². The van der Waals surface area contributed by atoms with Crippen molar-refractivity contribution in [3.8, 4) is 0 Å². The van der Waals surface area contributed by atoms with Crippen molar-refractivity contribution in [2.24, 2.45) is 11.1 Å². The second-order valence-electron chi connectivity index (χ2n) is 6.05. The standard InChI is InChI=1S/C14H23N3O2S/c1-14(2,3)9-10-20(18,19)17(4)12-7-5-11(6-8-12)13(15)16/h5-8H,9-10H2,1-4H3,(H3,15,16). The third-order valence-electron chi connectivity index (χ3n) is 3.07. The molecule has 0 bridgehead atoms. The molecule has 0 amide bonds. The van der Waals surface area contributed by atoms with Gasteiger partial charge in [0.1, 0.15) is 5.84 Å². The lowest BCUT2D eigenvalue weighted by Crippen LogP contribution is -2.30. The average Bonchev–Trinajstić information content (AvgIpc) is 2.35. The summed E-state index contributed by atoms with van der Waals surface area (Å²) in [6.45, 7) is 6.05. The number of rotatable bonds is 5. The minimum absolute atomic E-state index is 0.0214. The monoisotopic (exact) mass is 297 g/mol. The molecular weight excluding hydrogens is 274 g/mol. The van der Waals surface area contributed by atoms with E-state index in [2.05, 4.69) is 0 Å². The van der Waals surface area contributed by atoms with E-state index in [1.54, 1.807) is 31.3 Å². The van der Waals surface area contributed by atoms with Crippen LogP contribution in [0.4, 0.5) is 5.69 Å². The third-order valence-corrected chi connectivity index (χ3v) is 4.83. The highest BCUT2D eigenvalue weighted by molar-refractivity contribution is 7.92. The molecule has 0 saturated carbocycles. The Morgan fingerprint density at radius 2 is 1.75 bits per heavy atom. The first kappa shape index (κ1) is 16.5. The Morgan fingerprint density at radius 1 is 1.25 bits per heavy atom. The van der Waals surface area contributed by atoms with E-state index in [4.69, 9.17) is 11.1 Å². The predicted octanol–water partition coefficient (Wildman–Crippen LogP) is 2.17. The van der Waals surface area contributed by atoms with Gasteiger partial charge in [-0.25, -0.2) is 8.42 Å². The number of hydrogen-bond acceptors (Lipinski definition) is 3. The summed E-state index contributed by atoms with van der Waals surface area (Å²) in [5, 5.41) is 7.32. The summed E-state index contributed by atoms with van der Waals surface area (Å²) in [6, 6.07) is 6.61. The van der Waals surface area contributed by atoms with E-state index in [9.17, 15) is 8.42 Å². The summed E-state index contributed by atoms with van der Waals surface area (Å²) in [5.41, 5.74) is 6.50. The Balaban J connectivity index is 2.88. The van der Waals surface area contributed by atoms with E-state index < -0.39 is 10.0 Å². The van der Waals surface area contributed by atoms with Crippen LogP contribution < -0.4 is 10.0 Å². The van der Waals surface area contributed by atoms with E-state index in [1.165, 1.54) is 4.31 Å². The maximum absolute atomic E-state index is 12.3. The molecule has 0 spiro atoms. The highest BCUT2D eigenvalue weighted by atomic mass is 32.2. The van der Waals surface area contributed by atoms with Gasteiger partial charge in [0.25, 0.3) is 0 Å². The lowest BCUT2D eigenvalue weighted by Gasteiger charge is -2.23. The molecule has 5 nitrogen and oxygen atoms in total. The van der Waals surface area contributed by atoms with Gasteiger partial charge in [0.2, 0.25) is 10.0 Å². The van der Waals surface area contributed by atoms with Crippen molar-refractivity contribution < 1.29 is 8.42 Å². The van der Waals surface area contributed by atoms with Crippen LogP contribution in [0.15, 0.2) is 24.3 Å². The van der Waals surface area contributed by atoms with Gasteiger partial charge in [0.05, 0.1) is 11.4 Å². The molecule has 0 aliphatic carbocycles. The van der Waals surface area contributed by atoms with Crippen LogP contribution in [0.25, 0.3) is 0 Å². The lowest BCUT2D eigenvalue weighted by molar-refractivity contribution is 0.397. The van der Waals surface area contributed by atoms with Gasteiger partial charge < -0.3 is 5.73 Å². The molecule has 0 saturated heterocycles. The minimum Gasteiger partial charge on any atom is -0.384 e. The highest BCUT2D eigenvalue weighted by Crippen LogP contribution is 2.23. The number of sulfonamides is 1. The average molecular weight is 297 g/mol. The molecule has 0 radical (unpaired) electrons. The highest BCUT2D eigenvalue weighted by Gasteiger charge is 2.22. The van der Waals surface area contributed by atoms with Gasteiger partial charge in [-0.15, -0.1) is 0 Å². The molecule has 3 N–H and O–H groups in total. The first-order valence-corrected chi connectivity index (χ1v) is 8.05. The Labute approximate surface area is 121 Å². The molecule has 0 fully saturated rings. The van der Waals surface area contributed by atoms with Crippen LogP contribution in [0, 0.1) is 10.8 Å². The summed E-state index contributed by atoms with van der Waals surface area (Å²) in [4.78, 5) is 0. The summed E-state index contributed by atoms with van der Waals surface area (Å²) in [5.74, 6) is 0.0800. The number of nitrogens with one attached hydrogen (secondary N) is 1. The molecule has 0 unspecified atom stereocenters. The first-order chi connectivity index (χ1) is 9.03. The van der Waals surface area contributed by atoms with Crippen molar-refractivity contribution in [3.63, 3.8) is 0 Å². The molecule has 0 atom stereocenters. The number of nitrogen functional groups attached to an aromatic ring is 1. The summed E-state index contributed by atoms with van der Waals surface area (Å²) in [6.07, 6.45) is 0.602. The zero-order chi connectivity index (χ0) is 15.6. The zero-order valence-corrected chi connectivity index (χ0v) is 13.3. The predicted molar refractivity (Wildman–Crippen MR) is 83.7 cm³/mol. The molecule has 1 aromatic carbocycles. The van der Waals surface area contributed by atoms with Gasteiger partial charge in [-0.2, -0.15) is 0 Å². The Hall–Kier alpha value is -1.56. The van der Waals surface area contributed by atoms with Crippen molar-refractivity contribution in [3.05, 3.63) is 29.8 Å². The second-order valence-corrected chi connectivity index (χ2v) is 8.17. The third kappa shape index (κ3) is 4.52. The van der Waals surface area contributed by atoms with Crippen molar-refractivity contribution >= 4 is 21.5 Å². The van der Waals surface area contributed by atoms with Crippen LogP contribution in [0.5, 0.6) is 0 Å². The maximum Gasteiger partial charge on any atom is 0.234 e. The lowest BCUT2D eigenvalue weighted by atomic mass is 9.94. The minimum atomic E-state index is -3.33. The van der Waals surface area contributed by atoms with Crippen molar-refractivity contribution in [1.82, 2.24) is 0 Å². The largest absolute Gasteiger partial charge is 0.384 e. The molecule has 0 aromatic heterocycles. The van der Waals surface area contributed by atoms with Crippen LogP contribution >= 0.6 is 0 Å². The topological polar surface area (TPSA) is 87.2 Å². The van der Waals surface area contributed by atoms with E-state index in [0.29, 0.717) is 17.7 Å². The number of nitrogens with two attached hydrogens (primary N) is 1. The fraction of sp³-hybridized carbons (Fsp3) is 0.500. The molecule has 6 heteroatoms. The molecule has 0 aliphatic rings. The van der Waals surface area contributed by atoms with Gasteiger partial charge in [0.15, 0.2) is 0 Å². The number of benzene rings is 1. The number of amidine groups is 1. The maximum atomic E-state index is 12.3. The molecule has 20 heavy (non-hydrogen) atoms. The van der Waals surface area contributed by atoms with Crippen LogP contribution in [0.3, 0.4) is 0 Å². The van der Waals surface area contributed by atoms with Gasteiger partial charge in [0, 0.05) is 12.6 Å². The molecule has 1 rings (SSSR count). The fourth-order valence-electron chi connectivity index (χ4n) is 1.58. The molecule has 1 aromatic rings.